The Morgan fingerprint density at radius 1 is 1.37 bits per heavy atom. The van der Waals surface area contributed by atoms with E-state index in [1.54, 1.807) is 6.26 Å². The molecule has 1 aromatic heterocycles. The molecule has 1 heterocycles. The fourth-order valence-electron chi connectivity index (χ4n) is 1.99. The van der Waals surface area contributed by atoms with E-state index in [0.29, 0.717) is 12.6 Å². The molecule has 19 heavy (non-hydrogen) atoms. The Labute approximate surface area is 119 Å². The fraction of sp³-hybridized carbons (Fsp3) is 0.333. The summed E-state index contributed by atoms with van der Waals surface area (Å²) in [6.07, 6.45) is 1.68. The predicted molar refractivity (Wildman–Crippen MR) is 79.7 cm³/mol. The zero-order valence-electron chi connectivity index (χ0n) is 11.5. The zero-order chi connectivity index (χ0) is 13.8. The van der Waals surface area contributed by atoms with Gasteiger partial charge in [0.15, 0.2) is 0 Å². The Kier molecular flexibility index (Phi) is 4.51. The van der Waals surface area contributed by atoms with Gasteiger partial charge in [0.2, 0.25) is 0 Å². The molecular formula is C15H19ClN2O. The number of rotatable bonds is 5. The number of furan rings is 1. The average molecular weight is 279 g/mol. The van der Waals surface area contributed by atoms with Crippen LogP contribution in [0.5, 0.6) is 0 Å². The minimum absolute atomic E-state index is 0.293. The van der Waals surface area contributed by atoms with Crippen molar-refractivity contribution in [1.29, 1.82) is 0 Å². The van der Waals surface area contributed by atoms with Crippen LogP contribution in [-0.4, -0.2) is 14.1 Å². The normalized spacial score (nSPS) is 12.4. The standard InChI is InChI=1S/C15H19ClN2O/c1-11(17-2)12-6-7-15(14(16)9-12)18(3)10-13-5-4-8-19-13/h4-9,11,17H,10H2,1-3H3. The van der Waals surface area contributed by atoms with Crippen molar-refractivity contribution in [2.45, 2.75) is 19.5 Å². The van der Waals surface area contributed by atoms with Crippen LogP contribution in [0.4, 0.5) is 5.69 Å². The first-order valence-electron chi connectivity index (χ1n) is 6.32. The first-order chi connectivity index (χ1) is 9.11. The van der Waals surface area contributed by atoms with Crippen molar-refractivity contribution in [3.63, 3.8) is 0 Å². The molecule has 0 saturated carbocycles. The number of hydrogen-bond acceptors (Lipinski definition) is 3. The maximum atomic E-state index is 6.37. The SMILES string of the molecule is CNC(C)c1ccc(N(C)Cc2ccco2)c(Cl)c1. The molecule has 0 spiro atoms. The molecular weight excluding hydrogens is 260 g/mol. The largest absolute Gasteiger partial charge is 0.467 e. The third-order valence-corrected chi connectivity index (χ3v) is 3.59. The van der Waals surface area contributed by atoms with Gasteiger partial charge in [0.25, 0.3) is 0 Å². The summed E-state index contributed by atoms with van der Waals surface area (Å²) in [4.78, 5) is 2.08. The van der Waals surface area contributed by atoms with Crippen LogP contribution in [0.3, 0.4) is 0 Å². The Morgan fingerprint density at radius 2 is 2.16 bits per heavy atom. The predicted octanol–water partition coefficient (Wildman–Crippen LogP) is 3.85. The average Bonchev–Trinajstić information content (AvgIpc) is 2.90. The third-order valence-electron chi connectivity index (χ3n) is 3.29. The second-order valence-corrected chi connectivity index (χ2v) is 5.06. The summed E-state index contributed by atoms with van der Waals surface area (Å²) in [6.45, 7) is 2.81. The summed E-state index contributed by atoms with van der Waals surface area (Å²) in [5, 5.41) is 3.96. The molecule has 102 valence electrons. The van der Waals surface area contributed by atoms with Gasteiger partial charge in [-0.1, -0.05) is 17.7 Å². The topological polar surface area (TPSA) is 28.4 Å². The highest BCUT2D eigenvalue weighted by Crippen LogP contribution is 2.29. The summed E-state index contributed by atoms with van der Waals surface area (Å²) in [5.41, 5.74) is 2.19. The zero-order valence-corrected chi connectivity index (χ0v) is 12.2. The van der Waals surface area contributed by atoms with E-state index < -0.39 is 0 Å². The maximum absolute atomic E-state index is 6.37. The number of nitrogens with one attached hydrogen (secondary N) is 1. The summed E-state index contributed by atoms with van der Waals surface area (Å²) >= 11 is 6.37. The molecule has 1 atom stereocenters. The maximum Gasteiger partial charge on any atom is 0.123 e. The molecule has 2 rings (SSSR count). The molecule has 1 N–H and O–H groups in total. The van der Waals surface area contributed by atoms with E-state index in [1.807, 2.05) is 32.3 Å². The number of benzene rings is 1. The van der Waals surface area contributed by atoms with Crippen molar-refractivity contribution in [3.8, 4) is 0 Å². The van der Waals surface area contributed by atoms with Crippen LogP contribution in [0, 0.1) is 0 Å². The Bertz CT molecular complexity index is 525. The molecule has 0 amide bonds. The van der Waals surface area contributed by atoms with Crippen molar-refractivity contribution < 1.29 is 4.42 Å². The van der Waals surface area contributed by atoms with Crippen molar-refractivity contribution in [2.24, 2.45) is 0 Å². The first kappa shape index (κ1) is 14.0. The van der Waals surface area contributed by atoms with Gasteiger partial charge >= 0.3 is 0 Å². The van der Waals surface area contributed by atoms with Gasteiger partial charge in [-0.25, -0.2) is 0 Å². The molecule has 3 nitrogen and oxygen atoms in total. The Balaban J connectivity index is 2.16. The van der Waals surface area contributed by atoms with Crippen LogP contribution in [0.2, 0.25) is 5.02 Å². The Hall–Kier alpha value is -1.45. The molecule has 4 heteroatoms. The molecule has 0 bridgehead atoms. The van der Waals surface area contributed by atoms with E-state index >= 15 is 0 Å². The number of hydrogen-bond donors (Lipinski definition) is 1. The van der Waals surface area contributed by atoms with Crippen molar-refractivity contribution in [2.75, 3.05) is 19.0 Å². The molecule has 0 aliphatic rings. The van der Waals surface area contributed by atoms with Crippen LogP contribution >= 0.6 is 11.6 Å². The summed E-state index contributed by atoms with van der Waals surface area (Å²) < 4.78 is 5.35. The molecule has 0 aliphatic carbocycles. The van der Waals surface area contributed by atoms with Crippen molar-refractivity contribution in [1.82, 2.24) is 5.32 Å². The lowest BCUT2D eigenvalue weighted by molar-refractivity contribution is 0.507. The minimum Gasteiger partial charge on any atom is -0.467 e. The van der Waals surface area contributed by atoms with Gasteiger partial charge in [-0.15, -0.1) is 0 Å². The quantitative estimate of drug-likeness (QED) is 0.900. The lowest BCUT2D eigenvalue weighted by Gasteiger charge is -2.21. The molecule has 0 aliphatic heterocycles. The molecule has 1 unspecified atom stereocenters. The molecule has 0 radical (unpaired) electrons. The van der Waals surface area contributed by atoms with Crippen LogP contribution in [0.15, 0.2) is 41.0 Å². The highest BCUT2D eigenvalue weighted by molar-refractivity contribution is 6.33. The second-order valence-electron chi connectivity index (χ2n) is 4.66. The number of halogens is 1. The summed E-state index contributed by atoms with van der Waals surface area (Å²) in [5.74, 6) is 0.922. The Morgan fingerprint density at radius 3 is 2.74 bits per heavy atom. The van der Waals surface area contributed by atoms with Gasteiger partial charge in [-0.3, -0.25) is 0 Å². The molecule has 1 aromatic carbocycles. The first-order valence-corrected chi connectivity index (χ1v) is 6.70. The lowest BCUT2D eigenvalue weighted by atomic mass is 10.1. The van der Waals surface area contributed by atoms with E-state index in [4.69, 9.17) is 16.0 Å². The van der Waals surface area contributed by atoms with Gasteiger partial charge in [0.05, 0.1) is 23.5 Å². The summed E-state index contributed by atoms with van der Waals surface area (Å²) in [7, 11) is 3.94. The van der Waals surface area contributed by atoms with E-state index in [-0.39, 0.29) is 0 Å². The number of anilines is 1. The van der Waals surface area contributed by atoms with Gasteiger partial charge in [-0.05, 0) is 43.8 Å². The smallest absolute Gasteiger partial charge is 0.123 e. The van der Waals surface area contributed by atoms with Crippen LogP contribution < -0.4 is 10.2 Å². The molecule has 0 fully saturated rings. The van der Waals surface area contributed by atoms with Gasteiger partial charge in [0, 0.05) is 13.1 Å². The monoisotopic (exact) mass is 278 g/mol. The lowest BCUT2D eigenvalue weighted by Crippen LogP contribution is -2.17. The summed E-state index contributed by atoms with van der Waals surface area (Å²) in [6, 6.07) is 10.3. The van der Waals surface area contributed by atoms with Crippen molar-refractivity contribution >= 4 is 17.3 Å². The van der Waals surface area contributed by atoms with E-state index in [9.17, 15) is 0 Å². The van der Waals surface area contributed by atoms with Gasteiger partial charge in [-0.2, -0.15) is 0 Å². The number of nitrogens with zero attached hydrogens (tertiary/aromatic N) is 1. The van der Waals surface area contributed by atoms with Crippen LogP contribution in [0.25, 0.3) is 0 Å². The highest BCUT2D eigenvalue weighted by atomic mass is 35.5. The fourth-order valence-corrected chi connectivity index (χ4v) is 2.32. The van der Waals surface area contributed by atoms with Crippen LogP contribution in [0.1, 0.15) is 24.3 Å². The van der Waals surface area contributed by atoms with E-state index in [2.05, 4.69) is 29.3 Å². The second kappa shape index (κ2) is 6.13. The van der Waals surface area contributed by atoms with Gasteiger partial charge < -0.3 is 14.6 Å². The van der Waals surface area contributed by atoms with Gasteiger partial charge in [0.1, 0.15) is 5.76 Å². The molecule has 0 saturated heterocycles. The third kappa shape index (κ3) is 3.31. The van der Waals surface area contributed by atoms with Crippen LogP contribution in [-0.2, 0) is 6.54 Å². The highest BCUT2D eigenvalue weighted by Gasteiger charge is 2.11. The minimum atomic E-state index is 0.293. The van der Waals surface area contributed by atoms with Crippen molar-refractivity contribution in [3.05, 3.63) is 52.9 Å². The van der Waals surface area contributed by atoms with E-state index in [0.717, 1.165) is 16.5 Å². The van der Waals surface area contributed by atoms with E-state index in [1.165, 1.54) is 5.56 Å². The molecule has 2 aromatic rings.